The lowest BCUT2D eigenvalue weighted by Crippen LogP contribution is -2.34. The van der Waals surface area contributed by atoms with Crippen LogP contribution in [0.5, 0.6) is 5.75 Å². The molecule has 1 fully saturated rings. The van der Waals surface area contributed by atoms with Gasteiger partial charge in [-0.3, -0.25) is 0 Å². The smallest absolute Gasteiger partial charge is 0.335 e. The minimum absolute atomic E-state index is 0.0351. The van der Waals surface area contributed by atoms with Crippen molar-refractivity contribution in [1.82, 2.24) is 4.90 Å². The molecule has 37 heavy (non-hydrogen) atoms. The van der Waals surface area contributed by atoms with Crippen LogP contribution in [0.3, 0.4) is 0 Å². The van der Waals surface area contributed by atoms with E-state index in [0.717, 1.165) is 27.6 Å². The summed E-state index contributed by atoms with van der Waals surface area (Å²) in [6, 6.07) is 23.2. The monoisotopic (exact) mass is 534 g/mol. The molecule has 0 saturated carbocycles. The largest absolute Gasteiger partial charge is 0.497 e. The predicted octanol–water partition coefficient (Wildman–Crippen LogP) is 7.62. The summed E-state index contributed by atoms with van der Waals surface area (Å²) >= 11 is 12.6. The number of carboxylic acid groups (broad SMARTS) is 1. The third kappa shape index (κ3) is 5.36. The van der Waals surface area contributed by atoms with E-state index in [1.807, 2.05) is 47.4 Å². The number of amides is 2. The van der Waals surface area contributed by atoms with Gasteiger partial charge in [-0.2, -0.15) is 0 Å². The molecule has 0 aromatic heterocycles. The number of carboxylic acids is 1. The van der Waals surface area contributed by atoms with Crippen LogP contribution in [0.1, 0.15) is 39.9 Å². The van der Waals surface area contributed by atoms with Crippen LogP contribution in [0.2, 0.25) is 10.0 Å². The van der Waals surface area contributed by atoms with Gasteiger partial charge in [0.2, 0.25) is 0 Å². The maximum Gasteiger partial charge on any atom is 0.335 e. The first-order chi connectivity index (χ1) is 17.8. The number of halogens is 2. The zero-order valence-corrected chi connectivity index (χ0v) is 21.5. The summed E-state index contributed by atoms with van der Waals surface area (Å²) in [4.78, 5) is 26.5. The van der Waals surface area contributed by atoms with E-state index in [0.29, 0.717) is 28.7 Å². The molecule has 0 aliphatic carbocycles. The van der Waals surface area contributed by atoms with Crippen LogP contribution < -0.4 is 10.1 Å². The highest BCUT2D eigenvalue weighted by molar-refractivity contribution is 6.34. The minimum Gasteiger partial charge on any atom is -0.497 e. The molecule has 4 aromatic carbocycles. The first-order valence-corrected chi connectivity index (χ1v) is 12.5. The molecule has 0 spiro atoms. The number of carbonyl (C=O) groups is 2. The fraction of sp³-hybridized carbons (Fsp3) is 0.172. The molecule has 8 heteroatoms. The fourth-order valence-corrected chi connectivity index (χ4v) is 5.44. The first kappa shape index (κ1) is 24.9. The van der Waals surface area contributed by atoms with Crippen molar-refractivity contribution in [3.05, 3.63) is 106 Å². The standard InChI is InChI=1S/C29H24Cl2N2O4/c1-37-26-9-6-18-10-20(3-2-19(18)13-26)27-14-22(21-11-23(30)15-24(31)12-21)16-33(27)29(36)32-25-7-4-17(5-8-25)28(34)35/h2-13,15,22,27H,14,16H2,1H3,(H,32,36)(H,34,35)/t22-,27-/m1/s1. The molecule has 2 N–H and O–H groups in total. The van der Waals surface area contributed by atoms with Crippen molar-refractivity contribution in [2.45, 2.75) is 18.4 Å². The lowest BCUT2D eigenvalue weighted by molar-refractivity contribution is 0.0697. The van der Waals surface area contributed by atoms with Crippen LogP contribution in [0.15, 0.2) is 78.9 Å². The van der Waals surface area contributed by atoms with E-state index < -0.39 is 5.97 Å². The molecule has 1 aliphatic rings. The van der Waals surface area contributed by atoms with Gasteiger partial charge in [0.15, 0.2) is 0 Å². The molecule has 1 saturated heterocycles. The molecule has 1 aliphatic heterocycles. The van der Waals surface area contributed by atoms with Gasteiger partial charge in [0.25, 0.3) is 0 Å². The van der Waals surface area contributed by atoms with Gasteiger partial charge in [-0.05, 0) is 89.0 Å². The zero-order valence-electron chi connectivity index (χ0n) is 19.9. The van der Waals surface area contributed by atoms with Crippen LogP contribution in [-0.2, 0) is 0 Å². The summed E-state index contributed by atoms with van der Waals surface area (Å²) in [5.41, 5.74) is 2.68. The Morgan fingerprint density at radius 3 is 2.24 bits per heavy atom. The van der Waals surface area contributed by atoms with Gasteiger partial charge in [0, 0.05) is 28.2 Å². The van der Waals surface area contributed by atoms with Crippen molar-refractivity contribution in [3.63, 3.8) is 0 Å². The maximum absolute atomic E-state index is 13.5. The third-order valence-corrected chi connectivity index (χ3v) is 7.19. The number of methoxy groups -OCH3 is 1. The lowest BCUT2D eigenvalue weighted by atomic mass is 9.93. The van der Waals surface area contributed by atoms with Gasteiger partial charge < -0.3 is 20.1 Å². The number of urea groups is 1. The van der Waals surface area contributed by atoms with Crippen molar-refractivity contribution >= 4 is 51.7 Å². The van der Waals surface area contributed by atoms with Gasteiger partial charge in [-0.25, -0.2) is 9.59 Å². The van der Waals surface area contributed by atoms with Crippen molar-refractivity contribution in [2.75, 3.05) is 19.0 Å². The molecule has 188 valence electrons. The molecule has 0 unspecified atom stereocenters. The SMILES string of the molecule is COc1ccc2cc([C@H]3C[C@@H](c4cc(Cl)cc(Cl)c4)CN3C(=O)Nc3ccc(C(=O)O)cc3)ccc2c1. The number of nitrogens with zero attached hydrogens (tertiary/aromatic N) is 1. The summed E-state index contributed by atoms with van der Waals surface area (Å²) in [5.74, 6) is -0.198. The van der Waals surface area contributed by atoms with Crippen molar-refractivity contribution in [3.8, 4) is 5.75 Å². The minimum atomic E-state index is -1.02. The number of aromatic carboxylic acids is 1. The van der Waals surface area contributed by atoms with Crippen LogP contribution in [0.4, 0.5) is 10.5 Å². The number of ether oxygens (including phenoxy) is 1. The van der Waals surface area contributed by atoms with Crippen LogP contribution >= 0.6 is 23.2 Å². The van der Waals surface area contributed by atoms with E-state index in [9.17, 15) is 9.59 Å². The van der Waals surface area contributed by atoms with Crippen LogP contribution in [-0.4, -0.2) is 35.7 Å². The molecule has 6 nitrogen and oxygen atoms in total. The van der Waals surface area contributed by atoms with Gasteiger partial charge in [0.1, 0.15) is 5.75 Å². The number of benzene rings is 4. The van der Waals surface area contributed by atoms with E-state index in [-0.39, 0.29) is 23.6 Å². The zero-order chi connectivity index (χ0) is 26.1. The highest BCUT2D eigenvalue weighted by atomic mass is 35.5. The number of hydrogen-bond acceptors (Lipinski definition) is 3. The lowest BCUT2D eigenvalue weighted by Gasteiger charge is -2.25. The summed E-state index contributed by atoms with van der Waals surface area (Å²) in [5, 5.41) is 15.3. The second kappa shape index (κ2) is 10.3. The Kier molecular flexibility index (Phi) is 6.96. The van der Waals surface area contributed by atoms with Crippen LogP contribution in [0, 0.1) is 0 Å². The quantitative estimate of drug-likeness (QED) is 0.276. The molecule has 5 rings (SSSR count). The van der Waals surface area contributed by atoms with E-state index in [1.54, 1.807) is 25.3 Å². The molecule has 1 heterocycles. The normalized spacial score (nSPS) is 17.1. The number of fused-ring (bicyclic) bond motifs is 1. The molecular formula is C29H24Cl2N2O4. The summed E-state index contributed by atoms with van der Waals surface area (Å²) in [6.45, 7) is 0.473. The number of carbonyl (C=O) groups excluding carboxylic acids is 1. The summed E-state index contributed by atoms with van der Waals surface area (Å²) < 4.78 is 5.34. The maximum atomic E-state index is 13.5. The first-order valence-electron chi connectivity index (χ1n) is 11.8. The van der Waals surface area contributed by atoms with Crippen molar-refractivity contribution in [1.29, 1.82) is 0 Å². The Labute approximate surface area is 224 Å². The average molecular weight is 535 g/mol. The number of nitrogens with one attached hydrogen (secondary N) is 1. The average Bonchev–Trinajstić information content (AvgIpc) is 3.34. The van der Waals surface area contributed by atoms with E-state index in [2.05, 4.69) is 11.4 Å². The Hall–Kier alpha value is -3.74. The second-order valence-electron chi connectivity index (χ2n) is 9.09. The molecule has 0 bridgehead atoms. The highest BCUT2D eigenvalue weighted by Gasteiger charge is 2.37. The third-order valence-electron chi connectivity index (χ3n) is 6.76. The number of hydrogen-bond donors (Lipinski definition) is 2. The molecule has 2 amide bonds. The Morgan fingerprint density at radius 2 is 1.57 bits per heavy atom. The predicted molar refractivity (Wildman–Crippen MR) is 146 cm³/mol. The van der Waals surface area contributed by atoms with E-state index >= 15 is 0 Å². The molecule has 2 atom stereocenters. The van der Waals surface area contributed by atoms with Gasteiger partial charge in [0.05, 0.1) is 18.7 Å². The Balaban J connectivity index is 1.47. The second-order valence-corrected chi connectivity index (χ2v) is 9.96. The molecular weight excluding hydrogens is 511 g/mol. The number of likely N-dealkylation sites (tertiary alicyclic amines) is 1. The van der Waals surface area contributed by atoms with Crippen LogP contribution in [0.25, 0.3) is 10.8 Å². The van der Waals surface area contributed by atoms with Gasteiger partial charge in [-0.1, -0.05) is 41.4 Å². The topological polar surface area (TPSA) is 78.9 Å². The molecule has 0 radical (unpaired) electrons. The van der Waals surface area contributed by atoms with Gasteiger partial charge >= 0.3 is 12.0 Å². The van der Waals surface area contributed by atoms with E-state index in [1.165, 1.54) is 12.1 Å². The fourth-order valence-electron chi connectivity index (χ4n) is 4.90. The summed E-state index contributed by atoms with van der Waals surface area (Å²) in [7, 11) is 1.64. The summed E-state index contributed by atoms with van der Waals surface area (Å²) in [6.07, 6.45) is 0.698. The Morgan fingerprint density at radius 1 is 0.892 bits per heavy atom. The van der Waals surface area contributed by atoms with E-state index in [4.69, 9.17) is 33.0 Å². The highest BCUT2D eigenvalue weighted by Crippen LogP contribution is 2.42. The number of rotatable bonds is 5. The van der Waals surface area contributed by atoms with Crippen molar-refractivity contribution < 1.29 is 19.4 Å². The number of anilines is 1. The van der Waals surface area contributed by atoms with Gasteiger partial charge in [-0.15, -0.1) is 0 Å². The Bertz CT molecular complexity index is 1470. The van der Waals surface area contributed by atoms with Crippen molar-refractivity contribution in [2.24, 2.45) is 0 Å². The molecule has 4 aromatic rings.